The second kappa shape index (κ2) is 47.5. The van der Waals surface area contributed by atoms with Crippen LogP contribution in [0.4, 0.5) is 0 Å². The average Bonchev–Trinajstić information content (AvgIpc) is 3.42. The minimum absolute atomic E-state index is 0.252. The van der Waals surface area contributed by atoms with Crippen molar-refractivity contribution in [3.8, 4) is 0 Å². The molecule has 2 fully saturated rings. The van der Waals surface area contributed by atoms with E-state index in [0.29, 0.717) is 12.8 Å². The van der Waals surface area contributed by atoms with E-state index in [9.17, 15) is 45.6 Å². The van der Waals surface area contributed by atoms with Crippen molar-refractivity contribution in [1.29, 1.82) is 0 Å². The Kier molecular flexibility index (Phi) is 43.6. The highest BCUT2D eigenvalue weighted by Gasteiger charge is 2.51. The number of unbranched alkanes of at least 4 members (excludes halogenated alkanes) is 27. The Morgan fingerprint density at radius 3 is 1.38 bits per heavy atom. The molecule has 14 heteroatoms. The van der Waals surface area contributed by atoms with Gasteiger partial charge in [0.05, 0.1) is 32.0 Å². The number of carbonyl (C=O) groups is 1. The molecule has 0 bridgehead atoms. The molecular formula is C62H111NO13. The van der Waals surface area contributed by atoms with E-state index in [2.05, 4.69) is 67.8 Å². The van der Waals surface area contributed by atoms with E-state index in [1.165, 1.54) is 128 Å². The maximum atomic E-state index is 13.2. The van der Waals surface area contributed by atoms with Crippen molar-refractivity contribution in [2.75, 3.05) is 19.8 Å². The second-order valence-corrected chi connectivity index (χ2v) is 21.5. The molecule has 0 radical (unpaired) electrons. The van der Waals surface area contributed by atoms with Gasteiger partial charge in [0.1, 0.15) is 48.8 Å². The lowest BCUT2D eigenvalue weighted by Crippen LogP contribution is -2.65. The van der Waals surface area contributed by atoms with Crippen LogP contribution in [0.15, 0.2) is 60.8 Å². The predicted molar refractivity (Wildman–Crippen MR) is 304 cm³/mol. The van der Waals surface area contributed by atoms with Crippen LogP contribution in [-0.2, 0) is 23.7 Å². The summed E-state index contributed by atoms with van der Waals surface area (Å²) in [6.45, 7) is 2.75. The van der Waals surface area contributed by atoms with Crippen LogP contribution in [0.25, 0.3) is 0 Å². The van der Waals surface area contributed by atoms with Gasteiger partial charge in [-0.1, -0.05) is 209 Å². The summed E-state index contributed by atoms with van der Waals surface area (Å²) in [6, 6.07) is -0.948. The molecule has 0 saturated carbocycles. The standard InChI is InChI=1S/C62H111NO13/c1-3-5-7-9-11-13-15-17-19-21-22-23-24-25-26-27-28-29-30-31-33-35-37-39-41-43-45-51(66)50(63-54(67)46-44-42-40-38-36-34-32-20-18-16-14-12-10-8-6-4-2)49-73-61-59(72)57(70)60(53(48-65)75-61)76-62-58(71)56(69)55(68)52(47-64)74-62/h14,16,20,29-30,32,35,37,43,45,50-53,55-62,64-66,68-72H,3-13,15,17-19,21-28,31,33-34,36,38-42,44,46-49H2,1-2H3,(H,63,67)/b16-14-,30-29+,32-20-,37-35+,45-43+. The molecule has 2 aliphatic heterocycles. The Morgan fingerprint density at radius 2 is 0.882 bits per heavy atom. The number of amides is 1. The predicted octanol–water partition coefficient (Wildman–Crippen LogP) is 10.6. The molecule has 0 aromatic rings. The first-order valence-corrected chi connectivity index (χ1v) is 30.5. The van der Waals surface area contributed by atoms with Crippen molar-refractivity contribution in [3.05, 3.63) is 60.8 Å². The van der Waals surface area contributed by atoms with Crippen molar-refractivity contribution < 1.29 is 64.6 Å². The van der Waals surface area contributed by atoms with Gasteiger partial charge >= 0.3 is 0 Å². The summed E-state index contributed by atoms with van der Waals surface area (Å²) in [5.74, 6) is -0.268. The van der Waals surface area contributed by atoms with Gasteiger partial charge in [-0.3, -0.25) is 4.79 Å². The summed E-state index contributed by atoms with van der Waals surface area (Å²) in [7, 11) is 0. The summed E-state index contributed by atoms with van der Waals surface area (Å²) in [5.41, 5.74) is 0. The van der Waals surface area contributed by atoms with E-state index in [4.69, 9.17) is 18.9 Å². The molecule has 0 spiro atoms. The van der Waals surface area contributed by atoms with Crippen LogP contribution in [0.2, 0.25) is 0 Å². The zero-order chi connectivity index (χ0) is 55.3. The molecule has 2 heterocycles. The van der Waals surface area contributed by atoms with Crippen LogP contribution in [-0.4, -0.2) is 140 Å². The Morgan fingerprint density at radius 1 is 0.474 bits per heavy atom. The van der Waals surface area contributed by atoms with Crippen molar-refractivity contribution >= 4 is 5.91 Å². The molecule has 76 heavy (non-hydrogen) atoms. The maximum Gasteiger partial charge on any atom is 0.220 e. The number of aliphatic hydroxyl groups excluding tert-OH is 8. The molecule has 2 aliphatic rings. The third-order valence-corrected chi connectivity index (χ3v) is 14.7. The molecule has 0 aliphatic carbocycles. The second-order valence-electron chi connectivity index (χ2n) is 21.5. The normalized spacial score (nSPS) is 25.3. The quantitative estimate of drug-likeness (QED) is 0.0204. The number of carbonyl (C=O) groups excluding carboxylic acids is 1. The summed E-state index contributed by atoms with van der Waals surface area (Å²) < 4.78 is 22.7. The van der Waals surface area contributed by atoms with E-state index in [-0.39, 0.29) is 18.9 Å². The van der Waals surface area contributed by atoms with Gasteiger partial charge in [0.25, 0.3) is 0 Å². The van der Waals surface area contributed by atoms with E-state index < -0.39 is 86.8 Å². The number of hydrogen-bond donors (Lipinski definition) is 9. The first kappa shape index (κ1) is 69.8. The summed E-state index contributed by atoms with van der Waals surface area (Å²) >= 11 is 0. The Hall–Kier alpha value is -2.31. The van der Waals surface area contributed by atoms with Gasteiger partial charge in [0.15, 0.2) is 12.6 Å². The Labute approximate surface area is 460 Å². The van der Waals surface area contributed by atoms with Gasteiger partial charge in [-0.05, 0) is 77.0 Å². The van der Waals surface area contributed by atoms with Crippen LogP contribution >= 0.6 is 0 Å². The van der Waals surface area contributed by atoms with Gasteiger partial charge < -0.3 is 65.1 Å². The highest BCUT2D eigenvalue weighted by molar-refractivity contribution is 5.76. The smallest absolute Gasteiger partial charge is 0.220 e. The molecule has 2 rings (SSSR count). The van der Waals surface area contributed by atoms with Gasteiger partial charge in [-0.15, -0.1) is 0 Å². The van der Waals surface area contributed by atoms with E-state index in [1.807, 2.05) is 6.08 Å². The third-order valence-electron chi connectivity index (χ3n) is 14.7. The summed E-state index contributed by atoms with van der Waals surface area (Å²) in [6.07, 6.45) is 44.1. The first-order valence-electron chi connectivity index (χ1n) is 30.5. The van der Waals surface area contributed by atoms with Crippen molar-refractivity contribution in [1.82, 2.24) is 5.32 Å². The molecule has 12 unspecified atom stereocenters. The number of hydrogen-bond acceptors (Lipinski definition) is 13. The molecule has 14 nitrogen and oxygen atoms in total. The number of rotatable bonds is 48. The van der Waals surface area contributed by atoms with E-state index in [1.54, 1.807) is 6.08 Å². The number of ether oxygens (including phenoxy) is 4. The molecular weight excluding hydrogens is 967 g/mol. The number of aliphatic hydroxyl groups is 8. The minimum atomic E-state index is -1.80. The Balaban J connectivity index is 1.78. The van der Waals surface area contributed by atoms with Crippen LogP contribution in [0.1, 0.15) is 232 Å². The molecule has 1 amide bonds. The zero-order valence-electron chi connectivity index (χ0n) is 47.5. The SMILES string of the molecule is CCCCCC/C=C\C/C=C\CCCCCCCC(=O)NC(COC1OC(CO)C(OC2OC(CO)C(O)C(O)C2O)C(O)C1O)C(O)/C=C/CC/C=C/CC/C=C/CCCCCCCCCCCCCCCCCC. The van der Waals surface area contributed by atoms with E-state index >= 15 is 0 Å². The summed E-state index contributed by atoms with van der Waals surface area (Å²) in [5, 5.41) is 87.0. The van der Waals surface area contributed by atoms with Gasteiger partial charge in [0.2, 0.25) is 5.91 Å². The van der Waals surface area contributed by atoms with Crippen LogP contribution in [0, 0.1) is 0 Å². The fourth-order valence-electron chi connectivity index (χ4n) is 9.71. The zero-order valence-corrected chi connectivity index (χ0v) is 47.5. The molecule has 0 aromatic heterocycles. The lowest BCUT2D eigenvalue weighted by molar-refractivity contribution is -0.359. The minimum Gasteiger partial charge on any atom is -0.394 e. The highest BCUT2D eigenvalue weighted by atomic mass is 16.7. The van der Waals surface area contributed by atoms with Gasteiger partial charge in [-0.2, -0.15) is 0 Å². The highest BCUT2D eigenvalue weighted by Crippen LogP contribution is 2.30. The third kappa shape index (κ3) is 32.7. The molecule has 9 N–H and O–H groups in total. The lowest BCUT2D eigenvalue weighted by atomic mass is 9.97. The van der Waals surface area contributed by atoms with Gasteiger partial charge in [0, 0.05) is 6.42 Å². The number of allylic oxidation sites excluding steroid dienone is 9. The average molecular weight is 1080 g/mol. The van der Waals surface area contributed by atoms with E-state index in [0.717, 1.165) is 70.6 Å². The lowest BCUT2D eigenvalue weighted by Gasteiger charge is -2.46. The van der Waals surface area contributed by atoms with Crippen molar-refractivity contribution in [2.45, 2.75) is 306 Å². The van der Waals surface area contributed by atoms with Crippen molar-refractivity contribution in [2.24, 2.45) is 0 Å². The fraction of sp³-hybridized carbons (Fsp3) is 0.823. The topological polar surface area (TPSA) is 228 Å². The molecule has 0 aromatic carbocycles. The van der Waals surface area contributed by atoms with Gasteiger partial charge in [-0.25, -0.2) is 0 Å². The fourth-order valence-corrected chi connectivity index (χ4v) is 9.71. The maximum absolute atomic E-state index is 13.2. The Bertz CT molecular complexity index is 1510. The van der Waals surface area contributed by atoms with Crippen LogP contribution in [0.5, 0.6) is 0 Å². The number of nitrogens with one attached hydrogen (secondary N) is 1. The molecule has 2 saturated heterocycles. The van der Waals surface area contributed by atoms with Crippen LogP contribution < -0.4 is 5.32 Å². The largest absolute Gasteiger partial charge is 0.394 e. The summed E-state index contributed by atoms with van der Waals surface area (Å²) in [4.78, 5) is 13.2. The molecule has 12 atom stereocenters. The molecule has 442 valence electrons. The van der Waals surface area contributed by atoms with Crippen molar-refractivity contribution in [3.63, 3.8) is 0 Å². The first-order chi connectivity index (χ1) is 37.1. The monoisotopic (exact) mass is 1080 g/mol. The van der Waals surface area contributed by atoms with Crippen LogP contribution in [0.3, 0.4) is 0 Å².